The number of benzene rings is 2. The van der Waals surface area contributed by atoms with Crippen LogP contribution in [0.3, 0.4) is 0 Å². The molecule has 2 aromatic rings. The molecule has 2 heterocycles. The number of carbonyl (C=O) groups excluding carboxylic acids is 1. The molecule has 144 valence electrons. The third-order valence-corrected chi connectivity index (χ3v) is 6.13. The van der Waals surface area contributed by atoms with Gasteiger partial charge in [0.15, 0.2) is 5.76 Å². The van der Waals surface area contributed by atoms with Gasteiger partial charge in [-0.2, -0.15) is 0 Å². The molecule has 3 aliphatic rings. The minimum Gasteiger partial charge on any atom is -0.478 e. The van der Waals surface area contributed by atoms with Crippen LogP contribution in [-0.2, 0) is 6.54 Å². The van der Waals surface area contributed by atoms with Crippen molar-refractivity contribution in [3.8, 4) is 11.5 Å². The summed E-state index contributed by atoms with van der Waals surface area (Å²) in [6.07, 6.45) is 6.88. The number of carbonyl (C=O) groups is 1. The monoisotopic (exact) mass is 375 g/mol. The Balaban J connectivity index is 1.52. The van der Waals surface area contributed by atoms with E-state index >= 15 is 0 Å². The summed E-state index contributed by atoms with van der Waals surface area (Å²) >= 11 is 0. The first-order chi connectivity index (χ1) is 13.6. The van der Waals surface area contributed by atoms with Crippen molar-refractivity contribution >= 4 is 11.9 Å². The van der Waals surface area contributed by atoms with Crippen LogP contribution in [0, 0.1) is 13.8 Å². The van der Waals surface area contributed by atoms with Crippen LogP contribution in [0.15, 0.2) is 36.1 Å². The van der Waals surface area contributed by atoms with Gasteiger partial charge in [-0.1, -0.05) is 42.7 Å². The summed E-state index contributed by atoms with van der Waals surface area (Å²) in [5.41, 5.74) is 4.76. The smallest absolute Gasteiger partial charge is 0.232 e. The van der Waals surface area contributed by atoms with Crippen LogP contribution < -0.4 is 9.47 Å². The maximum Gasteiger partial charge on any atom is 0.232 e. The van der Waals surface area contributed by atoms with Crippen molar-refractivity contribution in [2.75, 3.05) is 6.73 Å². The van der Waals surface area contributed by atoms with E-state index in [1.807, 2.05) is 44.2 Å². The fourth-order valence-electron chi connectivity index (χ4n) is 4.66. The second kappa shape index (κ2) is 6.78. The average molecular weight is 375 g/mol. The number of ketones is 1. The zero-order valence-electron chi connectivity index (χ0n) is 16.5. The number of fused-ring (bicyclic) bond motifs is 3. The van der Waals surface area contributed by atoms with Crippen LogP contribution in [0.5, 0.6) is 11.5 Å². The number of rotatable bonds is 2. The molecule has 0 saturated heterocycles. The summed E-state index contributed by atoms with van der Waals surface area (Å²) in [7, 11) is 0. The minimum absolute atomic E-state index is 0.0326. The first-order valence-corrected chi connectivity index (χ1v) is 10.1. The summed E-state index contributed by atoms with van der Waals surface area (Å²) < 4.78 is 12.2. The van der Waals surface area contributed by atoms with E-state index in [0.29, 0.717) is 29.8 Å². The van der Waals surface area contributed by atoms with E-state index in [2.05, 4.69) is 11.0 Å². The lowest BCUT2D eigenvalue weighted by molar-refractivity contribution is 0.0567. The van der Waals surface area contributed by atoms with E-state index < -0.39 is 0 Å². The highest BCUT2D eigenvalue weighted by Gasteiger charge is 2.36. The summed E-state index contributed by atoms with van der Waals surface area (Å²) in [5, 5.41) is 0. The number of hydrogen-bond acceptors (Lipinski definition) is 4. The molecular formula is C24H25NO3. The molecule has 1 aliphatic carbocycles. The van der Waals surface area contributed by atoms with Gasteiger partial charge in [0.1, 0.15) is 18.2 Å². The maximum atomic E-state index is 13.1. The molecule has 0 atom stereocenters. The van der Waals surface area contributed by atoms with Gasteiger partial charge in [-0.15, -0.1) is 0 Å². The molecule has 4 heteroatoms. The zero-order chi connectivity index (χ0) is 19.3. The first-order valence-electron chi connectivity index (χ1n) is 10.1. The highest BCUT2D eigenvalue weighted by atomic mass is 16.5. The van der Waals surface area contributed by atoms with Gasteiger partial charge in [0.05, 0.1) is 11.1 Å². The van der Waals surface area contributed by atoms with Crippen molar-refractivity contribution in [1.29, 1.82) is 0 Å². The van der Waals surface area contributed by atoms with Crippen LogP contribution in [0.4, 0.5) is 0 Å². The third-order valence-electron chi connectivity index (χ3n) is 6.13. The van der Waals surface area contributed by atoms with Crippen LogP contribution in [0.2, 0.25) is 0 Å². The molecule has 5 rings (SSSR count). The van der Waals surface area contributed by atoms with Gasteiger partial charge in [-0.3, -0.25) is 9.69 Å². The lowest BCUT2D eigenvalue weighted by Gasteiger charge is -2.34. The number of Topliss-reactive ketones (excluding diaryl/α,β-unsaturated/α-hetero) is 1. The normalized spacial score (nSPS) is 20.8. The molecule has 0 bridgehead atoms. The molecule has 28 heavy (non-hydrogen) atoms. The van der Waals surface area contributed by atoms with Gasteiger partial charge < -0.3 is 9.47 Å². The molecular weight excluding hydrogens is 350 g/mol. The Morgan fingerprint density at radius 1 is 1.14 bits per heavy atom. The van der Waals surface area contributed by atoms with Crippen molar-refractivity contribution in [2.24, 2.45) is 0 Å². The Kier molecular flexibility index (Phi) is 4.24. The molecule has 2 aliphatic heterocycles. The van der Waals surface area contributed by atoms with Gasteiger partial charge in [0.2, 0.25) is 5.78 Å². The lowest BCUT2D eigenvalue weighted by atomic mass is 9.98. The molecule has 1 saturated carbocycles. The molecule has 0 radical (unpaired) electrons. The largest absolute Gasteiger partial charge is 0.478 e. The molecule has 0 N–H and O–H groups in total. The van der Waals surface area contributed by atoms with E-state index in [9.17, 15) is 4.79 Å². The summed E-state index contributed by atoms with van der Waals surface area (Å²) in [4.78, 5) is 15.5. The Morgan fingerprint density at radius 2 is 1.96 bits per heavy atom. The molecule has 4 nitrogen and oxygen atoms in total. The number of ether oxygens (including phenoxy) is 2. The number of aryl methyl sites for hydroxylation is 2. The molecule has 0 unspecified atom stereocenters. The van der Waals surface area contributed by atoms with Crippen LogP contribution >= 0.6 is 0 Å². The molecule has 2 aromatic carbocycles. The van der Waals surface area contributed by atoms with E-state index in [1.165, 1.54) is 25.7 Å². The Bertz CT molecular complexity index is 986. The van der Waals surface area contributed by atoms with Gasteiger partial charge >= 0.3 is 0 Å². The molecule has 0 aromatic heterocycles. The molecule has 0 spiro atoms. The number of nitrogens with zero attached hydrogens (tertiary/aromatic N) is 1. The van der Waals surface area contributed by atoms with Crippen molar-refractivity contribution in [3.05, 3.63) is 63.9 Å². The number of allylic oxidation sites excluding steroid dienone is 1. The zero-order valence-corrected chi connectivity index (χ0v) is 16.5. The standard InChI is InChI=1S/C24H25NO3/c1-15-6-5-7-17(10-15)12-21-23(26)22-16(2)11-20-19(24(22)28-21)13-25(14-27-20)18-8-3-4-9-18/h5-7,10-12,18H,3-4,8-9,13-14H2,1-2H3/b21-12-. The summed E-state index contributed by atoms with van der Waals surface area (Å²) in [6, 6.07) is 10.7. The van der Waals surface area contributed by atoms with E-state index in [0.717, 1.165) is 34.5 Å². The Hall–Kier alpha value is -2.59. The predicted molar refractivity (Wildman–Crippen MR) is 109 cm³/mol. The second-order valence-corrected chi connectivity index (χ2v) is 8.19. The van der Waals surface area contributed by atoms with Crippen molar-refractivity contribution in [2.45, 2.75) is 52.1 Å². The second-order valence-electron chi connectivity index (χ2n) is 8.19. The van der Waals surface area contributed by atoms with Gasteiger partial charge in [-0.05, 0) is 50.0 Å². The van der Waals surface area contributed by atoms with Crippen molar-refractivity contribution < 1.29 is 14.3 Å². The SMILES string of the molecule is Cc1cccc(/C=C2\Oc3c4c(cc(C)c3C2=O)OCN(C2CCCC2)C4)c1. The highest BCUT2D eigenvalue weighted by Crippen LogP contribution is 2.44. The van der Waals surface area contributed by atoms with E-state index in [-0.39, 0.29) is 5.78 Å². The Morgan fingerprint density at radius 3 is 2.75 bits per heavy atom. The molecule has 1 fully saturated rings. The fourth-order valence-corrected chi connectivity index (χ4v) is 4.66. The average Bonchev–Trinajstić information content (AvgIpc) is 3.31. The van der Waals surface area contributed by atoms with Gasteiger partial charge in [-0.25, -0.2) is 0 Å². The fraction of sp³-hybridized carbons (Fsp3) is 0.375. The molecule has 0 amide bonds. The van der Waals surface area contributed by atoms with Crippen molar-refractivity contribution in [3.63, 3.8) is 0 Å². The van der Waals surface area contributed by atoms with Gasteiger partial charge in [0.25, 0.3) is 0 Å². The highest BCUT2D eigenvalue weighted by molar-refractivity contribution is 6.15. The predicted octanol–water partition coefficient (Wildman–Crippen LogP) is 5.01. The van der Waals surface area contributed by atoms with E-state index in [1.54, 1.807) is 0 Å². The van der Waals surface area contributed by atoms with E-state index in [4.69, 9.17) is 9.47 Å². The maximum absolute atomic E-state index is 13.1. The first kappa shape index (κ1) is 17.5. The summed E-state index contributed by atoms with van der Waals surface area (Å²) in [5.74, 6) is 1.92. The Labute approximate surface area is 165 Å². The quantitative estimate of drug-likeness (QED) is 0.692. The van der Waals surface area contributed by atoms with Gasteiger partial charge in [0, 0.05) is 12.6 Å². The lowest BCUT2D eigenvalue weighted by Crippen LogP contribution is -2.39. The van der Waals surface area contributed by atoms with Crippen LogP contribution in [0.25, 0.3) is 6.08 Å². The van der Waals surface area contributed by atoms with Crippen LogP contribution in [-0.4, -0.2) is 23.5 Å². The number of hydrogen-bond donors (Lipinski definition) is 0. The minimum atomic E-state index is -0.0326. The van der Waals surface area contributed by atoms with Crippen molar-refractivity contribution in [1.82, 2.24) is 4.90 Å². The third kappa shape index (κ3) is 2.92. The topological polar surface area (TPSA) is 38.8 Å². The summed E-state index contributed by atoms with van der Waals surface area (Å²) in [6.45, 7) is 5.41. The van der Waals surface area contributed by atoms with Crippen LogP contribution in [0.1, 0.15) is 58.3 Å².